The van der Waals surface area contributed by atoms with Gasteiger partial charge in [-0.15, -0.1) is 24.0 Å². The molecule has 2 N–H and O–H groups in total. The molecule has 0 radical (unpaired) electrons. The zero-order valence-corrected chi connectivity index (χ0v) is 19.4. The van der Waals surface area contributed by atoms with E-state index in [4.69, 9.17) is 16.3 Å². The van der Waals surface area contributed by atoms with E-state index in [-0.39, 0.29) is 30.1 Å². The van der Waals surface area contributed by atoms with Gasteiger partial charge in [0.05, 0.1) is 13.1 Å². The van der Waals surface area contributed by atoms with Gasteiger partial charge in [-0.3, -0.25) is 4.99 Å². The fraction of sp³-hybridized carbons (Fsp3) is 0.474. The highest BCUT2D eigenvalue weighted by molar-refractivity contribution is 14.0. The molecule has 0 aliphatic rings. The molecule has 6 nitrogen and oxygen atoms in total. The molecule has 2 aromatic rings. The van der Waals surface area contributed by atoms with Gasteiger partial charge in [0.1, 0.15) is 17.7 Å². The van der Waals surface area contributed by atoms with E-state index < -0.39 is 0 Å². The van der Waals surface area contributed by atoms with Crippen molar-refractivity contribution >= 4 is 41.5 Å². The summed E-state index contributed by atoms with van der Waals surface area (Å²) in [5.41, 5.74) is 0. The summed E-state index contributed by atoms with van der Waals surface area (Å²) in [6.07, 6.45) is 3.82. The summed E-state index contributed by atoms with van der Waals surface area (Å²) in [4.78, 5) is 8.67. The molecule has 2 rings (SSSR count). The van der Waals surface area contributed by atoms with E-state index in [9.17, 15) is 0 Å². The summed E-state index contributed by atoms with van der Waals surface area (Å²) in [6, 6.07) is 7.36. The molecular weight excluding hydrogens is 477 g/mol. The third-order valence-corrected chi connectivity index (χ3v) is 3.96. The first-order chi connectivity index (χ1) is 12.5. The van der Waals surface area contributed by atoms with Gasteiger partial charge in [0.15, 0.2) is 5.96 Å². The van der Waals surface area contributed by atoms with Crippen molar-refractivity contribution in [3.8, 4) is 5.75 Å². The summed E-state index contributed by atoms with van der Waals surface area (Å²) in [7, 11) is 1.75. The lowest BCUT2D eigenvalue weighted by Crippen LogP contribution is -2.41. The number of hydrogen-bond donors (Lipinski definition) is 2. The zero-order valence-electron chi connectivity index (χ0n) is 16.3. The highest BCUT2D eigenvalue weighted by Crippen LogP contribution is 2.16. The number of guanidine groups is 1. The van der Waals surface area contributed by atoms with E-state index in [1.54, 1.807) is 7.05 Å². The number of halogens is 2. The van der Waals surface area contributed by atoms with Crippen LogP contribution in [-0.4, -0.2) is 35.2 Å². The Morgan fingerprint density at radius 2 is 1.93 bits per heavy atom. The van der Waals surface area contributed by atoms with Gasteiger partial charge in [-0.05, 0) is 37.1 Å². The number of rotatable bonds is 8. The van der Waals surface area contributed by atoms with Crippen LogP contribution in [-0.2, 0) is 13.1 Å². The van der Waals surface area contributed by atoms with Crippen LogP contribution in [0.3, 0.4) is 0 Å². The van der Waals surface area contributed by atoms with Crippen molar-refractivity contribution in [1.82, 2.24) is 20.2 Å². The van der Waals surface area contributed by atoms with Crippen molar-refractivity contribution in [1.29, 1.82) is 0 Å². The fourth-order valence-electron chi connectivity index (χ4n) is 2.48. The Labute approximate surface area is 183 Å². The fourth-order valence-corrected chi connectivity index (χ4v) is 2.60. The number of nitrogens with zero attached hydrogens (tertiary/aromatic N) is 3. The standard InChI is InChI=1S/C19H28ClN5O.HI/c1-14(2)13-25-10-9-22-18(25)12-24-19(21-4)23-11-15(3)26-17-7-5-16(20)6-8-17;/h5-10,14-15H,11-13H2,1-4H3,(H2,21,23,24);1H. The second-order valence-corrected chi connectivity index (χ2v) is 7.02. The van der Waals surface area contributed by atoms with E-state index in [2.05, 4.69) is 39.0 Å². The summed E-state index contributed by atoms with van der Waals surface area (Å²) in [5, 5.41) is 7.27. The van der Waals surface area contributed by atoms with Crippen LogP contribution in [0.1, 0.15) is 26.6 Å². The van der Waals surface area contributed by atoms with Gasteiger partial charge >= 0.3 is 0 Å². The second kappa shape index (κ2) is 12.1. The Morgan fingerprint density at radius 3 is 2.56 bits per heavy atom. The maximum absolute atomic E-state index is 5.89. The van der Waals surface area contributed by atoms with Crippen molar-refractivity contribution in [2.45, 2.75) is 40.0 Å². The summed E-state index contributed by atoms with van der Waals surface area (Å²) in [6.45, 7) is 8.59. The highest BCUT2D eigenvalue weighted by Gasteiger charge is 2.08. The van der Waals surface area contributed by atoms with Crippen LogP contribution in [0.2, 0.25) is 5.02 Å². The minimum Gasteiger partial charge on any atom is -0.489 e. The first-order valence-electron chi connectivity index (χ1n) is 8.84. The first-order valence-corrected chi connectivity index (χ1v) is 9.22. The zero-order chi connectivity index (χ0) is 18.9. The van der Waals surface area contributed by atoms with Crippen LogP contribution >= 0.6 is 35.6 Å². The van der Waals surface area contributed by atoms with E-state index in [1.807, 2.05) is 43.6 Å². The topological polar surface area (TPSA) is 63.5 Å². The molecular formula is C19H29ClIN5O. The molecule has 1 unspecified atom stereocenters. The highest BCUT2D eigenvalue weighted by atomic mass is 127. The lowest BCUT2D eigenvalue weighted by atomic mass is 10.2. The maximum Gasteiger partial charge on any atom is 0.191 e. The Bertz CT molecular complexity index is 702. The second-order valence-electron chi connectivity index (χ2n) is 6.58. The minimum atomic E-state index is -0.0161. The molecule has 0 spiro atoms. The molecule has 1 aromatic heterocycles. The van der Waals surface area contributed by atoms with Crippen LogP contribution < -0.4 is 15.4 Å². The van der Waals surface area contributed by atoms with Crippen LogP contribution in [0.25, 0.3) is 0 Å². The van der Waals surface area contributed by atoms with Gasteiger partial charge in [-0.25, -0.2) is 4.98 Å². The number of hydrogen-bond acceptors (Lipinski definition) is 3. The smallest absolute Gasteiger partial charge is 0.191 e. The summed E-state index contributed by atoms with van der Waals surface area (Å²) < 4.78 is 8.02. The van der Waals surface area contributed by atoms with E-state index in [0.29, 0.717) is 24.0 Å². The van der Waals surface area contributed by atoms with Gasteiger partial charge in [0.25, 0.3) is 0 Å². The molecule has 0 amide bonds. The van der Waals surface area contributed by atoms with E-state index in [1.165, 1.54) is 0 Å². The predicted molar refractivity (Wildman–Crippen MR) is 122 cm³/mol. The van der Waals surface area contributed by atoms with Crippen molar-refractivity contribution < 1.29 is 4.74 Å². The monoisotopic (exact) mass is 505 g/mol. The van der Waals surface area contributed by atoms with Gasteiger partial charge in [-0.2, -0.15) is 0 Å². The Morgan fingerprint density at radius 1 is 1.22 bits per heavy atom. The molecule has 0 aliphatic heterocycles. The van der Waals surface area contributed by atoms with Crippen LogP contribution in [0.15, 0.2) is 41.7 Å². The Balaban J connectivity index is 0.00000364. The van der Waals surface area contributed by atoms with Crippen molar-refractivity contribution in [3.63, 3.8) is 0 Å². The third kappa shape index (κ3) is 8.38. The lowest BCUT2D eigenvalue weighted by molar-refractivity contribution is 0.224. The van der Waals surface area contributed by atoms with Gasteiger partial charge < -0.3 is 19.9 Å². The van der Waals surface area contributed by atoms with E-state index in [0.717, 1.165) is 24.1 Å². The predicted octanol–water partition coefficient (Wildman–Crippen LogP) is 3.94. The minimum absolute atomic E-state index is 0. The van der Waals surface area contributed by atoms with Crippen molar-refractivity contribution in [3.05, 3.63) is 47.5 Å². The molecule has 1 atom stereocenters. The summed E-state index contributed by atoms with van der Waals surface area (Å²) >= 11 is 5.89. The quantitative estimate of drug-likeness (QED) is 0.324. The molecule has 0 bridgehead atoms. The van der Waals surface area contributed by atoms with Gasteiger partial charge in [0.2, 0.25) is 0 Å². The molecule has 0 saturated heterocycles. The normalized spacial score (nSPS) is 12.4. The summed E-state index contributed by atoms with van der Waals surface area (Å²) in [5.74, 6) is 3.08. The number of ether oxygens (including phenoxy) is 1. The molecule has 0 fully saturated rings. The number of imidazole rings is 1. The first kappa shape index (κ1) is 23.6. The maximum atomic E-state index is 5.89. The van der Waals surface area contributed by atoms with Crippen molar-refractivity contribution in [2.75, 3.05) is 13.6 Å². The average molecular weight is 506 g/mol. The van der Waals surface area contributed by atoms with Crippen LogP contribution in [0.5, 0.6) is 5.75 Å². The molecule has 0 aliphatic carbocycles. The van der Waals surface area contributed by atoms with E-state index >= 15 is 0 Å². The Hall–Kier alpha value is -1.48. The molecule has 0 saturated carbocycles. The molecule has 1 heterocycles. The largest absolute Gasteiger partial charge is 0.489 e. The number of benzene rings is 1. The third-order valence-electron chi connectivity index (χ3n) is 3.71. The number of aromatic nitrogens is 2. The molecule has 27 heavy (non-hydrogen) atoms. The molecule has 8 heteroatoms. The number of nitrogens with one attached hydrogen (secondary N) is 2. The molecule has 150 valence electrons. The SMILES string of the molecule is CN=C(NCc1nccn1CC(C)C)NCC(C)Oc1ccc(Cl)cc1.I. The lowest BCUT2D eigenvalue weighted by Gasteiger charge is -2.18. The average Bonchev–Trinajstić information content (AvgIpc) is 3.03. The van der Waals surface area contributed by atoms with Gasteiger partial charge in [0, 0.05) is 31.0 Å². The molecule has 1 aromatic carbocycles. The number of aliphatic imine (C=N–C) groups is 1. The van der Waals surface area contributed by atoms with Crippen LogP contribution in [0, 0.1) is 5.92 Å². The van der Waals surface area contributed by atoms with Gasteiger partial charge in [-0.1, -0.05) is 25.4 Å². The Kier molecular flexibility index (Phi) is 10.5. The van der Waals surface area contributed by atoms with Crippen molar-refractivity contribution in [2.24, 2.45) is 10.9 Å². The van der Waals surface area contributed by atoms with Crippen LogP contribution in [0.4, 0.5) is 0 Å².